The summed E-state index contributed by atoms with van der Waals surface area (Å²) >= 11 is 0. The average molecular weight is 232 g/mol. The van der Waals surface area contributed by atoms with Crippen molar-refractivity contribution in [2.75, 3.05) is 0 Å². The number of aromatic nitrogens is 3. The quantitative estimate of drug-likeness (QED) is 0.812. The van der Waals surface area contributed by atoms with Gasteiger partial charge in [0, 0.05) is 12.1 Å². The van der Waals surface area contributed by atoms with Crippen LogP contribution in [-0.4, -0.2) is 32.0 Å². The van der Waals surface area contributed by atoms with Gasteiger partial charge in [-0.1, -0.05) is 17.3 Å². The Hall–Kier alpha value is -1.42. The van der Waals surface area contributed by atoms with E-state index in [0.717, 1.165) is 17.7 Å². The summed E-state index contributed by atoms with van der Waals surface area (Å²) in [5.74, 6) is 0. The molecule has 0 atom stereocenters. The van der Waals surface area contributed by atoms with Crippen molar-refractivity contribution < 1.29 is 0 Å². The first-order chi connectivity index (χ1) is 8.09. The zero-order valence-corrected chi connectivity index (χ0v) is 11.0. The van der Waals surface area contributed by atoms with E-state index in [4.69, 9.17) is 0 Å². The highest BCUT2D eigenvalue weighted by Gasteiger charge is 2.15. The van der Waals surface area contributed by atoms with Gasteiger partial charge < -0.3 is 0 Å². The second-order valence-electron chi connectivity index (χ2n) is 4.92. The van der Waals surface area contributed by atoms with Crippen molar-refractivity contribution in [1.29, 1.82) is 0 Å². The molecule has 0 amide bonds. The summed E-state index contributed by atoms with van der Waals surface area (Å²) in [4.78, 5) is 2.39. The van der Waals surface area contributed by atoms with Crippen molar-refractivity contribution in [3.63, 3.8) is 0 Å². The summed E-state index contributed by atoms with van der Waals surface area (Å²) in [6, 6.07) is 9.07. The van der Waals surface area contributed by atoms with Gasteiger partial charge in [0.25, 0.3) is 0 Å². The molecule has 0 saturated carbocycles. The van der Waals surface area contributed by atoms with Crippen LogP contribution in [0.2, 0.25) is 0 Å². The topological polar surface area (TPSA) is 34.0 Å². The van der Waals surface area contributed by atoms with Crippen LogP contribution in [0, 0.1) is 0 Å². The molecule has 0 aliphatic heterocycles. The van der Waals surface area contributed by atoms with Crippen molar-refractivity contribution in [3.8, 4) is 0 Å². The Kier molecular flexibility index (Phi) is 3.43. The van der Waals surface area contributed by atoms with Crippen LogP contribution in [0.5, 0.6) is 0 Å². The van der Waals surface area contributed by atoms with E-state index in [9.17, 15) is 0 Å². The van der Waals surface area contributed by atoms with Crippen LogP contribution in [0.25, 0.3) is 11.0 Å². The van der Waals surface area contributed by atoms with Gasteiger partial charge in [-0.2, -0.15) is 0 Å². The third kappa shape index (κ3) is 2.47. The minimum atomic E-state index is 0.498. The van der Waals surface area contributed by atoms with Gasteiger partial charge in [0.15, 0.2) is 0 Å². The maximum Gasteiger partial charge on any atom is 0.113 e. The number of para-hydroxylation sites is 1. The SMILES string of the molecule is CC(C)N(Cn1nnc2ccccc21)C(C)C. The fourth-order valence-corrected chi connectivity index (χ4v) is 2.10. The molecule has 1 aromatic carbocycles. The van der Waals surface area contributed by atoms with Gasteiger partial charge in [-0.15, -0.1) is 5.10 Å². The summed E-state index contributed by atoms with van der Waals surface area (Å²) in [6.45, 7) is 9.62. The van der Waals surface area contributed by atoms with Crippen molar-refractivity contribution in [1.82, 2.24) is 19.9 Å². The fraction of sp³-hybridized carbons (Fsp3) is 0.538. The molecule has 0 radical (unpaired) electrons. The van der Waals surface area contributed by atoms with E-state index >= 15 is 0 Å². The minimum absolute atomic E-state index is 0.498. The van der Waals surface area contributed by atoms with Gasteiger partial charge in [-0.05, 0) is 39.8 Å². The summed E-state index contributed by atoms with van der Waals surface area (Å²) < 4.78 is 1.97. The standard InChI is InChI=1S/C13H20N4/c1-10(2)16(11(3)4)9-17-13-8-6-5-7-12(13)14-15-17/h5-8,10-11H,9H2,1-4H3. The third-order valence-corrected chi connectivity index (χ3v) is 3.04. The second-order valence-corrected chi connectivity index (χ2v) is 4.92. The lowest BCUT2D eigenvalue weighted by atomic mass is 10.2. The van der Waals surface area contributed by atoms with Gasteiger partial charge in [-0.3, -0.25) is 4.90 Å². The summed E-state index contributed by atoms with van der Waals surface area (Å²) in [6.07, 6.45) is 0. The van der Waals surface area contributed by atoms with Gasteiger partial charge >= 0.3 is 0 Å². The van der Waals surface area contributed by atoms with Gasteiger partial charge in [0.05, 0.1) is 12.2 Å². The van der Waals surface area contributed by atoms with Gasteiger partial charge in [-0.25, -0.2) is 4.68 Å². The molecule has 4 nitrogen and oxygen atoms in total. The van der Waals surface area contributed by atoms with Crippen LogP contribution in [-0.2, 0) is 6.67 Å². The van der Waals surface area contributed by atoms with Gasteiger partial charge in [0.1, 0.15) is 5.52 Å². The summed E-state index contributed by atoms with van der Waals surface area (Å²) in [7, 11) is 0. The second kappa shape index (κ2) is 4.84. The van der Waals surface area contributed by atoms with Crippen molar-refractivity contribution in [2.45, 2.75) is 46.4 Å². The Morgan fingerprint density at radius 2 is 1.76 bits per heavy atom. The average Bonchev–Trinajstić information content (AvgIpc) is 2.68. The summed E-state index contributed by atoms with van der Waals surface area (Å²) in [5, 5.41) is 8.40. The normalized spacial score (nSPS) is 12.2. The first-order valence-corrected chi connectivity index (χ1v) is 6.13. The van der Waals surface area contributed by atoms with Crippen LogP contribution < -0.4 is 0 Å². The molecule has 0 unspecified atom stereocenters. The number of hydrogen-bond acceptors (Lipinski definition) is 3. The fourth-order valence-electron chi connectivity index (χ4n) is 2.10. The highest BCUT2D eigenvalue weighted by atomic mass is 15.5. The Balaban J connectivity index is 2.28. The van der Waals surface area contributed by atoms with E-state index in [0.29, 0.717) is 12.1 Å². The van der Waals surface area contributed by atoms with Crippen molar-refractivity contribution in [2.24, 2.45) is 0 Å². The molecule has 0 saturated heterocycles. The molecule has 92 valence electrons. The predicted molar refractivity (Wildman–Crippen MR) is 69.6 cm³/mol. The molecule has 0 N–H and O–H groups in total. The zero-order chi connectivity index (χ0) is 12.4. The molecule has 4 heteroatoms. The van der Waals surface area contributed by atoms with Gasteiger partial charge in [0.2, 0.25) is 0 Å². The minimum Gasteiger partial charge on any atom is -0.279 e. The highest BCUT2D eigenvalue weighted by Crippen LogP contribution is 2.13. The Morgan fingerprint density at radius 3 is 2.41 bits per heavy atom. The highest BCUT2D eigenvalue weighted by molar-refractivity contribution is 5.73. The molecule has 0 aliphatic carbocycles. The summed E-state index contributed by atoms with van der Waals surface area (Å²) in [5.41, 5.74) is 2.05. The molecule has 0 bridgehead atoms. The number of nitrogens with zero attached hydrogens (tertiary/aromatic N) is 4. The molecule has 0 fully saturated rings. The van der Waals surface area contributed by atoms with Crippen molar-refractivity contribution >= 4 is 11.0 Å². The monoisotopic (exact) mass is 232 g/mol. The molecule has 0 spiro atoms. The molecule has 2 aromatic rings. The molecule has 2 rings (SSSR count). The maximum absolute atomic E-state index is 4.22. The lowest BCUT2D eigenvalue weighted by Gasteiger charge is -2.30. The lowest BCUT2D eigenvalue weighted by molar-refractivity contribution is 0.125. The molecule has 17 heavy (non-hydrogen) atoms. The van der Waals surface area contributed by atoms with Crippen LogP contribution in [0.4, 0.5) is 0 Å². The first-order valence-electron chi connectivity index (χ1n) is 6.13. The maximum atomic E-state index is 4.22. The van der Waals surface area contributed by atoms with E-state index in [1.54, 1.807) is 0 Å². The smallest absolute Gasteiger partial charge is 0.113 e. The molecule has 1 aromatic heterocycles. The van der Waals surface area contributed by atoms with E-state index in [1.165, 1.54) is 0 Å². The van der Waals surface area contributed by atoms with Crippen LogP contribution >= 0.6 is 0 Å². The largest absolute Gasteiger partial charge is 0.279 e. The van der Waals surface area contributed by atoms with Crippen LogP contribution in [0.15, 0.2) is 24.3 Å². The van der Waals surface area contributed by atoms with E-state index in [2.05, 4.69) is 49.0 Å². The first kappa shape index (κ1) is 12.0. The lowest BCUT2D eigenvalue weighted by Crippen LogP contribution is -2.38. The molecule has 0 aliphatic rings. The number of rotatable bonds is 4. The number of benzene rings is 1. The van der Waals surface area contributed by atoms with E-state index in [1.807, 2.05) is 22.9 Å². The molecular weight excluding hydrogens is 212 g/mol. The van der Waals surface area contributed by atoms with E-state index < -0.39 is 0 Å². The number of hydrogen-bond donors (Lipinski definition) is 0. The zero-order valence-electron chi connectivity index (χ0n) is 11.0. The van der Waals surface area contributed by atoms with Crippen LogP contribution in [0.1, 0.15) is 27.7 Å². The van der Waals surface area contributed by atoms with Crippen molar-refractivity contribution in [3.05, 3.63) is 24.3 Å². The third-order valence-electron chi connectivity index (χ3n) is 3.04. The molecule has 1 heterocycles. The number of fused-ring (bicyclic) bond motifs is 1. The Labute approximate surface area is 102 Å². The Morgan fingerprint density at radius 1 is 1.12 bits per heavy atom. The Bertz CT molecular complexity index is 479. The molecular formula is C13H20N4. The predicted octanol–water partition coefficient (Wildman–Crippen LogP) is 2.51. The van der Waals surface area contributed by atoms with E-state index in [-0.39, 0.29) is 0 Å². The van der Waals surface area contributed by atoms with Crippen LogP contribution in [0.3, 0.4) is 0 Å².